The minimum atomic E-state index is 1.17. The lowest BCUT2D eigenvalue weighted by molar-refractivity contribution is 0.797. The van der Waals surface area contributed by atoms with E-state index in [1.165, 1.54) is 166 Å². The van der Waals surface area contributed by atoms with Crippen molar-refractivity contribution in [3.63, 3.8) is 0 Å². The van der Waals surface area contributed by atoms with Gasteiger partial charge in [0, 0.05) is 58.6 Å². The summed E-state index contributed by atoms with van der Waals surface area (Å²) in [5.41, 5.74) is 5.88. The molecule has 0 atom stereocenters. The number of unbranched alkanes of at least 4 members (excludes halogenated alkanes) is 4. The van der Waals surface area contributed by atoms with Crippen LogP contribution in [0.2, 0.25) is 0 Å². The van der Waals surface area contributed by atoms with Crippen LogP contribution in [0.15, 0.2) is 73.8 Å². The Balaban J connectivity index is 1.09. The molecule has 0 amide bonds. The highest BCUT2D eigenvalue weighted by molar-refractivity contribution is 8.30. The quantitative estimate of drug-likeness (QED) is 0.0747. The van der Waals surface area contributed by atoms with Crippen molar-refractivity contribution in [3.8, 4) is 0 Å². The molecule has 60 heavy (non-hydrogen) atoms. The van der Waals surface area contributed by atoms with E-state index >= 15 is 0 Å². The summed E-state index contributed by atoms with van der Waals surface area (Å²) >= 11 is 19.4. The van der Waals surface area contributed by atoms with Gasteiger partial charge in [0.15, 0.2) is 0 Å². The molecule has 0 bridgehead atoms. The lowest BCUT2D eigenvalue weighted by atomic mass is 10.1. The van der Waals surface area contributed by atoms with E-state index in [9.17, 15) is 0 Å². The van der Waals surface area contributed by atoms with E-state index in [-0.39, 0.29) is 0 Å². The molecule has 2 aliphatic heterocycles. The van der Waals surface area contributed by atoms with E-state index in [0.29, 0.717) is 0 Å². The van der Waals surface area contributed by atoms with Crippen LogP contribution < -0.4 is 0 Å². The fraction of sp³-hybridized carbons (Fsp3) is 0.320. The molecule has 0 radical (unpaired) electrons. The molecule has 0 nitrogen and oxygen atoms in total. The van der Waals surface area contributed by atoms with Gasteiger partial charge in [-0.25, -0.2) is 0 Å². The normalized spacial score (nSPS) is 14.2. The first kappa shape index (κ1) is 44.9. The van der Waals surface area contributed by atoms with Crippen molar-refractivity contribution in [2.24, 2.45) is 0 Å². The first-order chi connectivity index (χ1) is 29.5. The molecule has 2 aliphatic rings. The van der Waals surface area contributed by atoms with Crippen molar-refractivity contribution in [1.29, 1.82) is 0 Å². The van der Waals surface area contributed by atoms with Crippen molar-refractivity contribution >= 4 is 164 Å². The van der Waals surface area contributed by atoms with Gasteiger partial charge in [0.1, 0.15) is 0 Å². The zero-order chi connectivity index (χ0) is 41.3. The number of rotatable bonds is 20. The summed E-state index contributed by atoms with van der Waals surface area (Å²) < 4.78 is 2.85. The Morgan fingerprint density at radius 1 is 0.350 bits per heavy atom. The SMILES string of the molecule is CCCCc1csc(/C=C/c2sc(/C=C/c3cc(CCCC)cs3)c3c2SC(=C2Sc4c(/C=C/c5cc(CCCC)cs5)sc(/C=C/c5cc(CCCC)cs5)c4S2)S3)c1. The number of thioether (sulfide) groups is 4. The van der Waals surface area contributed by atoms with Gasteiger partial charge in [0.25, 0.3) is 0 Å². The van der Waals surface area contributed by atoms with E-state index in [0.717, 1.165) is 0 Å². The Morgan fingerprint density at radius 3 is 0.833 bits per heavy atom. The Labute approximate surface area is 399 Å². The second-order valence-electron chi connectivity index (χ2n) is 15.1. The average molecular weight is 974 g/mol. The highest BCUT2D eigenvalue weighted by Crippen LogP contribution is 2.66. The van der Waals surface area contributed by atoms with E-state index in [2.05, 4.69) is 122 Å². The summed E-state index contributed by atoms with van der Waals surface area (Å²) in [6.07, 6.45) is 33.6. The minimum absolute atomic E-state index is 1.17. The molecule has 6 aromatic heterocycles. The minimum Gasteiger partial charge on any atom is -0.144 e. The smallest absolute Gasteiger partial charge is 0.0707 e. The average Bonchev–Trinajstić information content (AvgIpc) is 4.11. The third kappa shape index (κ3) is 11.5. The van der Waals surface area contributed by atoms with Crippen molar-refractivity contribution < 1.29 is 0 Å². The molecule has 0 N–H and O–H groups in total. The van der Waals surface area contributed by atoms with Crippen LogP contribution in [-0.2, 0) is 25.7 Å². The highest BCUT2D eigenvalue weighted by Gasteiger charge is 2.33. The summed E-state index contributed by atoms with van der Waals surface area (Å²) in [4.78, 5) is 16.5. The molecule has 8 heterocycles. The Hall–Kier alpha value is -1.70. The summed E-state index contributed by atoms with van der Waals surface area (Å²) in [6.45, 7) is 9.11. The molecule has 6 aromatic rings. The highest BCUT2D eigenvalue weighted by atomic mass is 32.2. The van der Waals surface area contributed by atoms with Gasteiger partial charge in [-0.2, -0.15) is 0 Å². The van der Waals surface area contributed by atoms with E-state index < -0.39 is 0 Å². The maximum atomic E-state index is 2.39. The largest absolute Gasteiger partial charge is 0.144 e. The van der Waals surface area contributed by atoms with E-state index in [4.69, 9.17) is 0 Å². The number of thiophene rings is 6. The van der Waals surface area contributed by atoms with Gasteiger partial charge in [0.2, 0.25) is 0 Å². The Kier molecular flexibility index (Phi) is 16.7. The monoisotopic (exact) mass is 972 g/mol. The van der Waals surface area contributed by atoms with Gasteiger partial charge in [-0.05, 0) is 168 Å². The van der Waals surface area contributed by atoms with Gasteiger partial charge in [-0.15, -0.1) is 68.0 Å². The number of fused-ring (bicyclic) bond motifs is 2. The van der Waals surface area contributed by atoms with E-state index in [1.807, 2.05) is 115 Å². The zero-order valence-electron chi connectivity index (χ0n) is 34.8. The van der Waals surface area contributed by atoms with Gasteiger partial charge in [0.05, 0.1) is 8.47 Å². The van der Waals surface area contributed by atoms with Crippen molar-refractivity contribution in [2.75, 3.05) is 0 Å². The van der Waals surface area contributed by atoms with Crippen LogP contribution >= 0.6 is 115 Å². The van der Waals surface area contributed by atoms with Crippen LogP contribution in [0.4, 0.5) is 0 Å². The van der Waals surface area contributed by atoms with Crippen LogP contribution in [-0.4, -0.2) is 0 Å². The van der Waals surface area contributed by atoms with Crippen molar-refractivity contribution in [1.82, 2.24) is 0 Å². The van der Waals surface area contributed by atoms with Crippen molar-refractivity contribution in [3.05, 3.63) is 116 Å². The van der Waals surface area contributed by atoms with Gasteiger partial charge in [-0.3, -0.25) is 0 Å². The molecule has 0 aromatic carbocycles. The maximum Gasteiger partial charge on any atom is 0.0707 e. The molecule has 10 heteroatoms. The van der Waals surface area contributed by atoms with Crippen LogP contribution in [0.5, 0.6) is 0 Å². The van der Waals surface area contributed by atoms with Crippen LogP contribution in [0.25, 0.3) is 48.6 Å². The number of hydrogen-bond donors (Lipinski definition) is 0. The Morgan fingerprint density at radius 2 is 0.600 bits per heavy atom. The van der Waals surface area contributed by atoms with Crippen LogP contribution in [0.3, 0.4) is 0 Å². The molecular formula is C50H52S10. The first-order valence-electron chi connectivity index (χ1n) is 21.3. The fourth-order valence-corrected chi connectivity index (χ4v) is 18.7. The van der Waals surface area contributed by atoms with Gasteiger partial charge in [-0.1, -0.05) is 100 Å². The molecule has 0 spiro atoms. The lowest BCUT2D eigenvalue weighted by Crippen LogP contribution is -1.78. The molecule has 0 aliphatic carbocycles. The first-order valence-corrected chi connectivity index (χ1v) is 29.7. The summed E-state index contributed by atoms with van der Waals surface area (Å²) in [5.74, 6) is 0. The third-order valence-electron chi connectivity index (χ3n) is 10.3. The molecular weight excluding hydrogens is 921 g/mol. The predicted molar refractivity (Wildman–Crippen MR) is 287 cm³/mol. The Bertz CT molecular complexity index is 2170. The lowest BCUT2D eigenvalue weighted by Gasteiger charge is -2.03. The molecule has 8 rings (SSSR count). The maximum absolute atomic E-state index is 2.39. The van der Waals surface area contributed by atoms with Gasteiger partial charge >= 0.3 is 0 Å². The summed E-state index contributed by atoms with van der Waals surface area (Å²) in [6, 6.07) is 9.57. The molecule has 312 valence electrons. The predicted octanol–water partition coefficient (Wildman–Crippen LogP) is 20.3. The fourth-order valence-electron chi connectivity index (χ4n) is 6.88. The second kappa shape index (κ2) is 22.3. The molecule has 0 saturated carbocycles. The molecule has 0 fully saturated rings. The third-order valence-corrected chi connectivity index (χ3v) is 22.7. The van der Waals surface area contributed by atoms with Gasteiger partial charge < -0.3 is 0 Å². The van der Waals surface area contributed by atoms with Crippen LogP contribution in [0.1, 0.15) is 140 Å². The standard InChI is InChI=1S/C50H52S10/c1-5-9-13-33-25-37(51-29-33)17-21-41-45-46(42(55-41)22-18-38-26-34(30-52-38)14-10-6-2)58-49(57-45)50-59-47-43(23-19-39-27-35(31-53-39)15-11-7-3)56-44(48(47)60-50)24-20-40-28-36(32-54-40)16-12-8-4/h17-32H,5-16H2,1-4H3/b21-17+,22-18+,23-19+,24-20+. The van der Waals surface area contributed by atoms with Crippen LogP contribution in [0, 0.1) is 0 Å². The zero-order valence-corrected chi connectivity index (χ0v) is 43.0. The summed E-state index contributed by atoms with van der Waals surface area (Å²) in [5, 5.41) is 9.40. The number of aryl methyl sites for hydroxylation is 4. The summed E-state index contributed by atoms with van der Waals surface area (Å²) in [7, 11) is 0. The number of hydrogen-bond acceptors (Lipinski definition) is 10. The molecule has 0 unspecified atom stereocenters. The topological polar surface area (TPSA) is 0 Å². The second-order valence-corrected chi connectivity index (χ2v) is 25.7. The van der Waals surface area contributed by atoms with E-state index in [1.54, 1.807) is 0 Å². The molecule has 0 saturated heterocycles. The van der Waals surface area contributed by atoms with Crippen molar-refractivity contribution in [2.45, 2.75) is 124 Å².